The number of esters is 2. The number of hydrogen-bond donors (Lipinski definition) is 1. The molecule has 0 spiro atoms. The second kappa shape index (κ2) is 6.32. The normalized spacial score (nSPS) is 10.2. The molecule has 2 aromatic rings. The van der Waals surface area contributed by atoms with E-state index in [2.05, 4.69) is 4.74 Å². The predicted molar refractivity (Wildman–Crippen MR) is 72.3 cm³/mol. The van der Waals surface area contributed by atoms with Crippen LogP contribution < -0.4 is 0 Å². The Bertz CT molecular complexity index is 676. The van der Waals surface area contributed by atoms with E-state index >= 15 is 0 Å². The Balaban J connectivity index is 2.02. The number of rotatable bonds is 4. The maximum Gasteiger partial charge on any atom is 0.373 e. The first-order valence-electron chi connectivity index (χ1n) is 5.84. The Labute approximate surface area is 124 Å². The predicted octanol–water partition coefficient (Wildman–Crippen LogP) is 2.78. The number of aromatic hydroxyl groups is 1. The Morgan fingerprint density at radius 1 is 1.24 bits per heavy atom. The molecule has 0 saturated carbocycles. The highest BCUT2D eigenvalue weighted by Crippen LogP contribution is 2.22. The molecule has 1 aromatic heterocycles. The Hall–Kier alpha value is -2.47. The van der Waals surface area contributed by atoms with Crippen LogP contribution in [0, 0.1) is 0 Å². The van der Waals surface area contributed by atoms with Gasteiger partial charge in [0, 0.05) is 5.02 Å². The maximum absolute atomic E-state index is 11.8. The molecule has 21 heavy (non-hydrogen) atoms. The number of ether oxygens (including phenoxy) is 2. The molecule has 1 N–H and O–H groups in total. The third kappa shape index (κ3) is 3.55. The lowest BCUT2D eigenvalue weighted by molar-refractivity contribution is 0.0435. The molecule has 1 aromatic carbocycles. The molecule has 6 nitrogen and oxygen atoms in total. The first-order chi connectivity index (χ1) is 10.0. The van der Waals surface area contributed by atoms with Crippen LogP contribution in [0.2, 0.25) is 5.02 Å². The van der Waals surface area contributed by atoms with Crippen LogP contribution >= 0.6 is 11.6 Å². The van der Waals surface area contributed by atoms with Crippen molar-refractivity contribution in [3.63, 3.8) is 0 Å². The first-order valence-corrected chi connectivity index (χ1v) is 6.21. The van der Waals surface area contributed by atoms with Gasteiger partial charge in [0.25, 0.3) is 0 Å². The van der Waals surface area contributed by atoms with Crippen molar-refractivity contribution in [2.45, 2.75) is 6.61 Å². The molecule has 0 aliphatic carbocycles. The lowest BCUT2D eigenvalue weighted by Crippen LogP contribution is -2.05. The minimum atomic E-state index is -0.758. The fourth-order valence-corrected chi connectivity index (χ4v) is 1.72. The Morgan fingerprint density at radius 2 is 2.00 bits per heavy atom. The van der Waals surface area contributed by atoms with Gasteiger partial charge < -0.3 is 19.0 Å². The third-order valence-electron chi connectivity index (χ3n) is 2.57. The van der Waals surface area contributed by atoms with E-state index < -0.39 is 11.9 Å². The van der Waals surface area contributed by atoms with Crippen molar-refractivity contribution in [3.8, 4) is 5.75 Å². The zero-order valence-electron chi connectivity index (χ0n) is 11.0. The SMILES string of the molecule is COC(=O)c1ccc(COC(=O)c2cc(Cl)ccc2O)o1. The van der Waals surface area contributed by atoms with Gasteiger partial charge in [-0.15, -0.1) is 0 Å². The molecular weight excluding hydrogens is 300 g/mol. The summed E-state index contributed by atoms with van der Waals surface area (Å²) in [5.74, 6) is -1.34. The van der Waals surface area contributed by atoms with E-state index in [0.29, 0.717) is 5.02 Å². The zero-order chi connectivity index (χ0) is 15.4. The average molecular weight is 311 g/mol. The number of carbonyl (C=O) groups is 2. The van der Waals surface area contributed by atoms with Gasteiger partial charge in [0.05, 0.1) is 7.11 Å². The monoisotopic (exact) mass is 310 g/mol. The summed E-state index contributed by atoms with van der Waals surface area (Å²) in [6.07, 6.45) is 0. The van der Waals surface area contributed by atoms with Gasteiger partial charge in [-0.3, -0.25) is 0 Å². The van der Waals surface area contributed by atoms with Crippen molar-refractivity contribution in [2.24, 2.45) is 0 Å². The van der Waals surface area contributed by atoms with Gasteiger partial charge in [-0.25, -0.2) is 9.59 Å². The molecule has 0 fully saturated rings. The lowest BCUT2D eigenvalue weighted by Gasteiger charge is -2.05. The van der Waals surface area contributed by atoms with Crippen LogP contribution in [0.1, 0.15) is 26.7 Å². The van der Waals surface area contributed by atoms with Gasteiger partial charge in [0.15, 0.2) is 0 Å². The van der Waals surface area contributed by atoms with E-state index in [1.165, 1.54) is 37.4 Å². The van der Waals surface area contributed by atoms with E-state index in [0.717, 1.165) is 0 Å². The molecule has 0 bridgehead atoms. The van der Waals surface area contributed by atoms with Crippen LogP contribution in [0.25, 0.3) is 0 Å². The molecule has 0 saturated heterocycles. The standard InChI is InChI=1S/C14H11ClO6/c1-19-14(18)12-5-3-9(21-12)7-20-13(17)10-6-8(15)2-4-11(10)16/h2-6,16H,7H2,1H3. The summed E-state index contributed by atoms with van der Waals surface area (Å²) in [5, 5.41) is 9.86. The molecule has 0 atom stereocenters. The molecule has 0 radical (unpaired) electrons. The Kier molecular flexibility index (Phi) is 4.49. The van der Waals surface area contributed by atoms with Crippen LogP contribution in [0.15, 0.2) is 34.7 Å². The van der Waals surface area contributed by atoms with E-state index in [-0.39, 0.29) is 29.4 Å². The van der Waals surface area contributed by atoms with Crippen molar-refractivity contribution in [1.29, 1.82) is 0 Å². The van der Waals surface area contributed by atoms with Crippen molar-refractivity contribution < 1.29 is 28.6 Å². The summed E-state index contributed by atoms with van der Waals surface area (Å²) in [7, 11) is 1.23. The van der Waals surface area contributed by atoms with Crippen molar-refractivity contribution in [1.82, 2.24) is 0 Å². The molecule has 7 heteroatoms. The minimum absolute atomic E-state index is 0.00847. The largest absolute Gasteiger partial charge is 0.507 e. The number of carbonyl (C=O) groups excluding carboxylic acids is 2. The maximum atomic E-state index is 11.8. The summed E-state index contributed by atoms with van der Waals surface area (Å²) >= 11 is 5.74. The molecule has 0 amide bonds. The molecule has 1 heterocycles. The van der Waals surface area contributed by atoms with Crippen LogP contribution in [0.3, 0.4) is 0 Å². The van der Waals surface area contributed by atoms with Crippen LogP contribution in [-0.4, -0.2) is 24.2 Å². The summed E-state index contributed by atoms with van der Waals surface area (Å²) in [5.41, 5.74) is -0.0535. The number of phenols is 1. The highest BCUT2D eigenvalue weighted by molar-refractivity contribution is 6.31. The number of furan rings is 1. The van der Waals surface area contributed by atoms with Gasteiger partial charge >= 0.3 is 11.9 Å². The number of methoxy groups -OCH3 is 1. The van der Waals surface area contributed by atoms with Crippen molar-refractivity contribution >= 4 is 23.5 Å². The fraction of sp³-hybridized carbons (Fsp3) is 0.143. The van der Waals surface area contributed by atoms with E-state index in [9.17, 15) is 14.7 Å². The lowest BCUT2D eigenvalue weighted by atomic mass is 10.2. The van der Waals surface area contributed by atoms with E-state index in [1.54, 1.807) is 0 Å². The average Bonchev–Trinajstić information content (AvgIpc) is 2.95. The van der Waals surface area contributed by atoms with E-state index in [1.807, 2.05) is 0 Å². The first kappa shape index (κ1) is 14.9. The van der Waals surface area contributed by atoms with Crippen molar-refractivity contribution in [3.05, 3.63) is 52.4 Å². The minimum Gasteiger partial charge on any atom is -0.507 e. The second-order valence-electron chi connectivity index (χ2n) is 4.00. The number of benzene rings is 1. The smallest absolute Gasteiger partial charge is 0.373 e. The van der Waals surface area contributed by atoms with Gasteiger partial charge in [-0.1, -0.05) is 11.6 Å². The quantitative estimate of drug-likeness (QED) is 0.874. The summed E-state index contributed by atoms with van der Waals surface area (Å²) in [6.45, 7) is -0.193. The molecule has 2 rings (SSSR count). The van der Waals surface area contributed by atoms with Gasteiger partial charge in [0.1, 0.15) is 23.7 Å². The topological polar surface area (TPSA) is 86.0 Å². The third-order valence-corrected chi connectivity index (χ3v) is 2.81. The molecule has 110 valence electrons. The fourth-order valence-electron chi connectivity index (χ4n) is 1.55. The number of hydrogen-bond acceptors (Lipinski definition) is 6. The second-order valence-corrected chi connectivity index (χ2v) is 4.43. The zero-order valence-corrected chi connectivity index (χ0v) is 11.7. The molecule has 0 unspecified atom stereocenters. The van der Waals surface area contributed by atoms with Gasteiger partial charge in [0.2, 0.25) is 5.76 Å². The van der Waals surface area contributed by atoms with E-state index in [4.69, 9.17) is 20.8 Å². The van der Waals surface area contributed by atoms with Crippen molar-refractivity contribution in [2.75, 3.05) is 7.11 Å². The van der Waals surface area contributed by atoms with Crippen LogP contribution in [-0.2, 0) is 16.1 Å². The van der Waals surface area contributed by atoms with Gasteiger partial charge in [-0.05, 0) is 30.3 Å². The van der Waals surface area contributed by atoms with Crippen LogP contribution in [0.5, 0.6) is 5.75 Å². The highest BCUT2D eigenvalue weighted by atomic mass is 35.5. The van der Waals surface area contributed by atoms with Gasteiger partial charge in [-0.2, -0.15) is 0 Å². The molecule has 0 aliphatic rings. The summed E-state index contributed by atoms with van der Waals surface area (Å²) in [4.78, 5) is 23.0. The summed E-state index contributed by atoms with van der Waals surface area (Å²) in [6, 6.07) is 6.93. The van der Waals surface area contributed by atoms with Crippen LogP contribution in [0.4, 0.5) is 0 Å². The number of halogens is 1. The Morgan fingerprint density at radius 3 is 2.71 bits per heavy atom. The number of phenolic OH excluding ortho intramolecular Hbond substituents is 1. The highest BCUT2D eigenvalue weighted by Gasteiger charge is 2.16. The molecule has 0 aliphatic heterocycles. The summed E-state index contributed by atoms with van der Waals surface area (Å²) < 4.78 is 14.6. The molecular formula is C14H11ClO6.